The average molecular weight is 403 g/mol. The van der Waals surface area contributed by atoms with Gasteiger partial charge in [-0.2, -0.15) is 4.98 Å². The van der Waals surface area contributed by atoms with Gasteiger partial charge >= 0.3 is 0 Å². The number of Topliss-reactive ketones (excluding diaryl/α,β-unsaturated/α-hetero) is 1. The first-order valence-electron chi connectivity index (χ1n) is 9.81. The van der Waals surface area contributed by atoms with E-state index in [-0.39, 0.29) is 11.8 Å². The number of ketones is 1. The lowest BCUT2D eigenvalue weighted by Crippen LogP contribution is -2.31. The molecule has 1 N–H and O–H groups in total. The molecule has 0 bridgehead atoms. The molecule has 0 saturated heterocycles. The number of hydrogen-bond acceptors (Lipinski definition) is 7. The first-order chi connectivity index (χ1) is 14.7. The lowest BCUT2D eigenvalue weighted by atomic mass is 9.86. The van der Waals surface area contributed by atoms with E-state index < -0.39 is 0 Å². The largest absolute Gasteiger partial charge is 0.493 e. The van der Waals surface area contributed by atoms with Crippen LogP contribution < -0.4 is 14.8 Å². The van der Waals surface area contributed by atoms with Crippen LogP contribution in [0, 0.1) is 0 Å². The molecule has 2 aromatic heterocycles. The van der Waals surface area contributed by atoms with Crippen LogP contribution in [0.4, 0.5) is 5.95 Å². The van der Waals surface area contributed by atoms with Gasteiger partial charge in [-0.1, -0.05) is 6.07 Å². The molecule has 8 heteroatoms. The van der Waals surface area contributed by atoms with E-state index in [1.54, 1.807) is 31.3 Å². The third-order valence-corrected chi connectivity index (χ3v) is 5.51. The summed E-state index contributed by atoms with van der Waals surface area (Å²) in [5.41, 5.74) is 3.39. The third kappa shape index (κ3) is 2.92. The Kier molecular flexibility index (Phi) is 4.46. The molecule has 3 aromatic rings. The number of benzene rings is 1. The molecule has 0 saturated carbocycles. The Bertz CT molecular complexity index is 1150. The second-order valence-electron chi connectivity index (χ2n) is 7.26. The molecule has 8 nitrogen and oxygen atoms in total. The number of allylic oxidation sites excluding steroid dienone is 2. The quantitative estimate of drug-likeness (QED) is 0.714. The van der Waals surface area contributed by atoms with Gasteiger partial charge in [0.05, 0.1) is 14.2 Å². The maximum Gasteiger partial charge on any atom is 0.226 e. The molecule has 3 heterocycles. The molecule has 1 atom stereocenters. The number of nitrogens with one attached hydrogen (secondary N) is 1. The fraction of sp³-hybridized carbons (Fsp3) is 0.273. The maximum atomic E-state index is 12.8. The average Bonchev–Trinajstić information content (AvgIpc) is 3.21. The highest BCUT2D eigenvalue weighted by molar-refractivity contribution is 5.99. The zero-order chi connectivity index (χ0) is 20.7. The van der Waals surface area contributed by atoms with Gasteiger partial charge in [-0.3, -0.25) is 9.78 Å². The molecule has 152 valence electrons. The van der Waals surface area contributed by atoms with Gasteiger partial charge < -0.3 is 14.8 Å². The summed E-state index contributed by atoms with van der Waals surface area (Å²) in [7, 11) is 3.19. The summed E-state index contributed by atoms with van der Waals surface area (Å²) in [5, 5.41) is 8.11. The van der Waals surface area contributed by atoms with E-state index in [0.29, 0.717) is 29.7 Å². The first kappa shape index (κ1) is 18.4. The summed E-state index contributed by atoms with van der Waals surface area (Å²) in [5.74, 6) is 2.54. The van der Waals surface area contributed by atoms with Gasteiger partial charge in [-0.05, 0) is 42.7 Å². The number of ether oxygens (including phenoxy) is 2. The molecule has 1 aliphatic carbocycles. The van der Waals surface area contributed by atoms with Crippen molar-refractivity contribution in [2.75, 3.05) is 19.5 Å². The molecule has 1 unspecified atom stereocenters. The standard InChI is InChI=1S/C22H21N5O3/c1-29-17-9-8-13(11-18(17)30-2)21-25-22-24-15-6-3-7-16(28)19(15)20(27(22)26-21)14-5-4-10-23-12-14/h4-5,8-12,20H,3,6-7H2,1-2H3,(H,24,25,26). The Labute approximate surface area is 173 Å². The fourth-order valence-corrected chi connectivity index (χ4v) is 4.10. The zero-order valence-corrected chi connectivity index (χ0v) is 16.8. The smallest absolute Gasteiger partial charge is 0.226 e. The number of hydrogen-bond donors (Lipinski definition) is 1. The summed E-state index contributed by atoms with van der Waals surface area (Å²) < 4.78 is 12.5. The Morgan fingerprint density at radius 2 is 2.00 bits per heavy atom. The zero-order valence-electron chi connectivity index (χ0n) is 16.8. The lowest BCUT2D eigenvalue weighted by Gasteiger charge is -2.31. The molecule has 1 aliphatic heterocycles. The van der Waals surface area contributed by atoms with Crippen molar-refractivity contribution in [3.05, 3.63) is 59.6 Å². The van der Waals surface area contributed by atoms with Crippen LogP contribution in [0.5, 0.6) is 11.5 Å². The van der Waals surface area contributed by atoms with E-state index in [4.69, 9.17) is 19.6 Å². The maximum absolute atomic E-state index is 12.8. The normalized spacial score (nSPS) is 17.8. The second kappa shape index (κ2) is 7.29. The lowest BCUT2D eigenvalue weighted by molar-refractivity contribution is -0.116. The van der Waals surface area contributed by atoms with Gasteiger partial charge in [0.25, 0.3) is 0 Å². The predicted octanol–water partition coefficient (Wildman–Crippen LogP) is 3.38. The van der Waals surface area contributed by atoms with Crippen molar-refractivity contribution in [1.29, 1.82) is 0 Å². The number of rotatable bonds is 4. The second-order valence-corrected chi connectivity index (χ2v) is 7.26. The van der Waals surface area contributed by atoms with Crippen molar-refractivity contribution in [2.45, 2.75) is 25.3 Å². The summed E-state index contributed by atoms with van der Waals surface area (Å²) >= 11 is 0. The van der Waals surface area contributed by atoms with Crippen LogP contribution in [0.3, 0.4) is 0 Å². The molecule has 0 radical (unpaired) electrons. The van der Waals surface area contributed by atoms with Crippen molar-refractivity contribution in [3.63, 3.8) is 0 Å². The number of carbonyl (C=O) groups excluding carboxylic acids is 1. The molecule has 0 amide bonds. The van der Waals surface area contributed by atoms with Gasteiger partial charge in [-0.15, -0.1) is 5.10 Å². The number of fused-ring (bicyclic) bond motifs is 1. The highest BCUT2D eigenvalue weighted by Crippen LogP contribution is 2.41. The molecular weight excluding hydrogens is 382 g/mol. The van der Waals surface area contributed by atoms with Crippen LogP contribution in [0.15, 0.2) is 54.0 Å². The van der Waals surface area contributed by atoms with Crippen molar-refractivity contribution in [2.24, 2.45) is 0 Å². The molecule has 0 spiro atoms. The highest BCUT2D eigenvalue weighted by Gasteiger charge is 2.37. The summed E-state index contributed by atoms with van der Waals surface area (Å²) in [6.07, 6.45) is 5.70. The van der Waals surface area contributed by atoms with Crippen LogP contribution in [0.2, 0.25) is 0 Å². The Morgan fingerprint density at radius 3 is 2.77 bits per heavy atom. The van der Waals surface area contributed by atoms with Gasteiger partial charge in [0.1, 0.15) is 6.04 Å². The minimum absolute atomic E-state index is 0.145. The van der Waals surface area contributed by atoms with Crippen LogP contribution in [0.25, 0.3) is 11.4 Å². The Hall–Kier alpha value is -3.68. The summed E-state index contributed by atoms with van der Waals surface area (Å²) in [4.78, 5) is 21.8. The SMILES string of the molecule is COc1ccc(-c2nc3n(n2)C(c2cccnc2)C2=C(CCCC2=O)N3)cc1OC. The Balaban J connectivity index is 1.64. The van der Waals surface area contributed by atoms with E-state index in [0.717, 1.165) is 35.2 Å². The summed E-state index contributed by atoms with van der Waals surface area (Å²) in [6, 6.07) is 9.05. The number of carbonyl (C=O) groups is 1. The van der Waals surface area contributed by atoms with Crippen molar-refractivity contribution >= 4 is 11.7 Å². The van der Waals surface area contributed by atoms with Crippen LogP contribution in [-0.2, 0) is 4.79 Å². The first-order valence-corrected chi connectivity index (χ1v) is 9.81. The number of nitrogens with zero attached hydrogens (tertiary/aromatic N) is 4. The Morgan fingerprint density at radius 1 is 1.13 bits per heavy atom. The number of anilines is 1. The van der Waals surface area contributed by atoms with E-state index in [9.17, 15) is 4.79 Å². The van der Waals surface area contributed by atoms with E-state index in [2.05, 4.69) is 10.3 Å². The molecule has 2 aliphatic rings. The molecular formula is C22H21N5O3. The van der Waals surface area contributed by atoms with Gasteiger partial charge in [-0.25, -0.2) is 4.68 Å². The van der Waals surface area contributed by atoms with Crippen molar-refractivity contribution in [1.82, 2.24) is 19.7 Å². The molecule has 0 fully saturated rings. The van der Waals surface area contributed by atoms with Gasteiger partial charge in [0.2, 0.25) is 5.95 Å². The molecule has 30 heavy (non-hydrogen) atoms. The van der Waals surface area contributed by atoms with Crippen molar-refractivity contribution in [3.8, 4) is 22.9 Å². The number of aromatic nitrogens is 4. The third-order valence-electron chi connectivity index (χ3n) is 5.51. The predicted molar refractivity (Wildman–Crippen MR) is 110 cm³/mol. The fourth-order valence-electron chi connectivity index (χ4n) is 4.10. The van der Waals surface area contributed by atoms with E-state index >= 15 is 0 Å². The van der Waals surface area contributed by atoms with E-state index in [1.165, 1.54) is 0 Å². The number of pyridine rings is 1. The molecule has 1 aromatic carbocycles. The topological polar surface area (TPSA) is 91.2 Å². The van der Waals surface area contributed by atoms with Crippen LogP contribution in [-0.4, -0.2) is 39.8 Å². The van der Waals surface area contributed by atoms with Gasteiger partial charge in [0.15, 0.2) is 23.1 Å². The van der Waals surface area contributed by atoms with E-state index in [1.807, 2.05) is 30.3 Å². The molecule has 5 rings (SSSR count). The minimum Gasteiger partial charge on any atom is -0.493 e. The monoisotopic (exact) mass is 403 g/mol. The van der Waals surface area contributed by atoms with Crippen molar-refractivity contribution < 1.29 is 14.3 Å². The summed E-state index contributed by atoms with van der Waals surface area (Å²) in [6.45, 7) is 0. The van der Waals surface area contributed by atoms with Gasteiger partial charge in [0, 0.05) is 35.6 Å². The van der Waals surface area contributed by atoms with Crippen LogP contribution in [0.1, 0.15) is 30.9 Å². The highest BCUT2D eigenvalue weighted by atomic mass is 16.5. The van der Waals surface area contributed by atoms with Crippen LogP contribution >= 0.6 is 0 Å². The minimum atomic E-state index is -0.348. The number of methoxy groups -OCH3 is 2.